The van der Waals surface area contributed by atoms with E-state index >= 15 is 0 Å². The van der Waals surface area contributed by atoms with Crippen LogP contribution in [0.3, 0.4) is 0 Å². The molecule has 2 N–H and O–H groups in total. The lowest BCUT2D eigenvalue weighted by atomic mass is 9.89. The number of hydrogen-bond donors (Lipinski definition) is 2. The number of rotatable bonds is 2. The fourth-order valence-electron chi connectivity index (χ4n) is 2.78. The Morgan fingerprint density at radius 2 is 2.16 bits per heavy atom. The first-order chi connectivity index (χ1) is 9.04. The van der Waals surface area contributed by atoms with Crippen molar-refractivity contribution in [2.24, 2.45) is 0 Å². The van der Waals surface area contributed by atoms with Gasteiger partial charge in [-0.2, -0.15) is 0 Å². The van der Waals surface area contributed by atoms with Gasteiger partial charge in [0.25, 0.3) is 0 Å². The van der Waals surface area contributed by atoms with Crippen LogP contribution in [-0.2, 0) is 9.53 Å². The second kappa shape index (κ2) is 5.77. The monoisotopic (exact) mass is 270 g/mol. The van der Waals surface area contributed by atoms with Crippen LogP contribution in [0.15, 0.2) is 0 Å². The first-order valence-electron chi connectivity index (χ1n) is 6.93. The van der Waals surface area contributed by atoms with E-state index in [1.165, 1.54) is 4.90 Å². The third-order valence-corrected chi connectivity index (χ3v) is 4.08. The molecule has 2 saturated heterocycles. The summed E-state index contributed by atoms with van der Waals surface area (Å²) in [5.41, 5.74) is -1.09. The van der Waals surface area contributed by atoms with Crippen LogP contribution in [0, 0.1) is 0 Å². The van der Waals surface area contributed by atoms with Crippen molar-refractivity contribution in [3.05, 3.63) is 0 Å². The number of carboxylic acid groups (broad SMARTS) is 1. The molecule has 108 valence electrons. The minimum atomic E-state index is -1.09. The molecule has 2 aliphatic rings. The molecule has 2 aliphatic heterocycles. The summed E-state index contributed by atoms with van der Waals surface area (Å²) in [6.45, 7) is 3.39. The molecule has 0 aromatic heterocycles. The summed E-state index contributed by atoms with van der Waals surface area (Å²) >= 11 is 0. The second-order valence-electron chi connectivity index (χ2n) is 5.55. The standard InChI is InChI=1S/C13H22N2O4/c1-13(11(16)17)6-2-3-7-15(13)12(18)14-10-5-4-8-19-9-10/h10H,2-9H2,1H3,(H,14,18)(H,16,17). The molecule has 2 unspecified atom stereocenters. The predicted molar refractivity (Wildman–Crippen MR) is 69.0 cm³/mol. The second-order valence-corrected chi connectivity index (χ2v) is 5.55. The first-order valence-corrected chi connectivity index (χ1v) is 6.93. The molecule has 0 aromatic rings. The lowest BCUT2D eigenvalue weighted by molar-refractivity contribution is -0.150. The molecular weight excluding hydrogens is 248 g/mol. The summed E-state index contributed by atoms with van der Waals surface area (Å²) in [4.78, 5) is 25.2. The van der Waals surface area contributed by atoms with Crippen molar-refractivity contribution in [2.75, 3.05) is 19.8 Å². The smallest absolute Gasteiger partial charge is 0.329 e. The number of nitrogens with one attached hydrogen (secondary N) is 1. The molecule has 6 heteroatoms. The van der Waals surface area contributed by atoms with Crippen molar-refractivity contribution in [3.8, 4) is 0 Å². The van der Waals surface area contributed by atoms with Gasteiger partial charge in [0.05, 0.1) is 12.6 Å². The predicted octanol–water partition coefficient (Wildman–Crippen LogP) is 1.20. The summed E-state index contributed by atoms with van der Waals surface area (Å²) in [7, 11) is 0. The van der Waals surface area contributed by atoms with Crippen LogP contribution in [0.2, 0.25) is 0 Å². The van der Waals surface area contributed by atoms with Gasteiger partial charge in [-0.25, -0.2) is 9.59 Å². The van der Waals surface area contributed by atoms with Crippen LogP contribution in [0.5, 0.6) is 0 Å². The highest BCUT2D eigenvalue weighted by atomic mass is 16.5. The molecule has 0 aromatic carbocycles. The van der Waals surface area contributed by atoms with Gasteiger partial charge in [0.1, 0.15) is 5.54 Å². The Morgan fingerprint density at radius 1 is 1.37 bits per heavy atom. The van der Waals surface area contributed by atoms with Gasteiger partial charge >= 0.3 is 12.0 Å². The number of nitrogens with zero attached hydrogens (tertiary/aromatic N) is 1. The first kappa shape index (κ1) is 14.1. The number of hydrogen-bond acceptors (Lipinski definition) is 3. The van der Waals surface area contributed by atoms with Crippen molar-refractivity contribution in [1.82, 2.24) is 10.2 Å². The van der Waals surface area contributed by atoms with Crippen LogP contribution in [0.1, 0.15) is 39.0 Å². The van der Waals surface area contributed by atoms with Crippen LogP contribution >= 0.6 is 0 Å². The van der Waals surface area contributed by atoms with E-state index in [-0.39, 0.29) is 12.1 Å². The molecule has 0 bridgehead atoms. The maximum Gasteiger partial charge on any atom is 0.329 e. The van der Waals surface area contributed by atoms with Crippen LogP contribution in [0.25, 0.3) is 0 Å². The van der Waals surface area contributed by atoms with E-state index < -0.39 is 11.5 Å². The Morgan fingerprint density at radius 3 is 2.79 bits per heavy atom. The van der Waals surface area contributed by atoms with E-state index in [1.807, 2.05) is 0 Å². The third kappa shape index (κ3) is 3.00. The lowest BCUT2D eigenvalue weighted by Crippen LogP contribution is -2.61. The summed E-state index contributed by atoms with van der Waals surface area (Å²) in [6, 6.07) is -0.277. The fourth-order valence-corrected chi connectivity index (χ4v) is 2.78. The van der Waals surface area contributed by atoms with Crippen molar-refractivity contribution >= 4 is 12.0 Å². The molecule has 2 fully saturated rings. The number of urea groups is 1. The molecule has 0 aliphatic carbocycles. The lowest BCUT2D eigenvalue weighted by Gasteiger charge is -2.42. The normalized spacial score (nSPS) is 31.8. The Labute approximate surface area is 113 Å². The highest BCUT2D eigenvalue weighted by Gasteiger charge is 2.44. The van der Waals surface area contributed by atoms with Gasteiger partial charge in [-0.05, 0) is 39.0 Å². The summed E-state index contributed by atoms with van der Waals surface area (Å²) in [5.74, 6) is -0.928. The van der Waals surface area contributed by atoms with Gasteiger partial charge < -0.3 is 20.1 Å². The van der Waals surface area contributed by atoms with Crippen molar-refractivity contribution in [2.45, 2.75) is 50.6 Å². The van der Waals surface area contributed by atoms with E-state index in [4.69, 9.17) is 4.74 Å². The number of carbonyl (C=O) groups excluding carboxylic acids is 1. The highest BCUT2D eigenvalue weighted by molar-refractivity contribution is 5.86. The van der Waals surface area contributed by atoms with E-state index in [0.717, 1.165) is 32.3 Å². The van der Waals surface area contributed by atoms with Crippen molar-refractivity contribution in [1.29, 1.82) is 0 Å². The maximum atomic E-state index is 12.3. The van der Waals surface area contributed by atoms with Gasteiger partial charge in [0, 0.05) is 13.2 Å². The minimum absolute atomic E-state index is 0.00113. The van der Waals surface area contributed by atoms with Crippen LogP contribution in [-0.4, -0.2) is 53.3 Å². The van der Waals surface area contributed by atoms with Gasteiger partial charge in [0.15, 0.2) is 0 Å². The number of piperidine rings is 1. The summed E-state index contributed by atoms with van der Waals surface area (Å²) < 4.78 is 5.32. The van der Waals surface area contributed by atoms with Crippen molar-refractivity contribution < 1.29 is 19.4 Å². The topological polar surface area (TPSA) is 78.9 Å². The Balaban J connectivity index is 2.01. The average molecular weight is 270 g/mol. The van der Waals surface area contributed by atoms with Crippen molar-refractivity contribution in [3.63, 3.8) is 0 Å². The van der Waals surface area contributed by atoms with E-state index in [2.05, 4.69) is 5.32 Å². The minimum Gasteiger partial charge on any atom is -0.480 e. The molecule has 2 heterocycles. The molecule has 0 saturated carbocycles. The molecule has 19 heavy (non-hydrogen) atoms. The van der Waals surface area contributed by atoms with E-state index in [1.54, 1.807) is 6.92 Å². The molecule has 2 rings (SSSR count). The molecule has 6 nitrogen and oxygen atoms in total. The molecule has 0 spiro atoms. The Hall–Kier alpha value is -1.30. The Bertz CT molecular complexity index is 355. The van der Waals surface area contributed by atoms with Gasteiger partial charge in [-0.15, -0.1) is 0 Å². The maximum absolute atomic E-state index is 12.3. The van der Waals surface area contributed by atoms with E-state index in [9.17, 15) is 14.7 Å². The number of amides is 2. The molecule has 0 radical (unpaired) electrons. The number of carbonyl (C=O) groups is 2. The highest BCUT2D eigenvalue weighted by Crippen LogP contribution is 2.28. The molecule has 2 atom stereocenters. The fraction of sp³-hybridized carbons (Fsp3) is 0.846. The quantitative estimate of drug-likeness (QED) is 0.790. The van der Waals surface area contributed by atoms with Crippen LogP contribution in [0.4, 0.5) is 4.79 Å². The zero-order chi connectivity index (χ0) is 13.9. The summed E-state index contributed by atoms with van der Waals surface area (Å²) in [5, 5.41) is 12.3. The SMILES string of the molecule is CC1(C(=O)O)CCCCN1C(=O)NC1CCCOC1. The van der Waals surface area contributed by atoms with E-state index in [0.29, 0.717) is 19.6 Å². The third-order valence-electron chi connectivity index (χ3n) is 4.08. The molecule has 2 amide bonds. The van der Waals surface area contributed by atoms with Gasteiger partial charge in [-0.1, -0.05) is 0 Å². The zero-order valence-corrected chi connectivity index (χ0v) is 11.4. The zero-order valence-electron chi connectivity index (χ0n) is 11.4. The van der Waals surface area contributed by atoms with Crippen LogP contribution < -0.4 is 5.32 Å². The summed E-state index contributed by atoms with van der Waals surface area (Å²) in [6.07, 6.45) is 4.04. The van der Waals surface area contributed by atoms with Gasteiger partial charge in [-0.3, -0.25) is 0 Å². The number of aliphatic carboxylic acids is 1. The average Bonchev–Trinajstić information content (AvgIpc) is 2.40. The number of likely N-dealkylation sites (tertiary alicyclic amines) is 1. The largest absolute Gasteiger partial charge is 0.480 e. The van der Waals surface area contributed by atoms with Gasteiger partial charge in [0.2, 0.25) is 0 Å². The number of ether oxygens (including phenoxy) is 1. The number of carboxylic acids is 1. The Kier molecular flexibility index (Phi) is 4.29. The molecular formula is C13H22N2O4.